The molecular weight excluding hydrogens is 258 g/mol. The van der Waals surface area contributed by atoms with E-state index in [-0.39, 0.29) is 12.3 Å². The molecule has 1 aromatic carbocycles. The van der Waals surface area contributed by atoms with Gasteiger partial charge in [0.2, 0.25) is 5.91 Å². The Balaban J connectivity index is 2.12. The Hall–Kier alpha value is -2.50. The first-order valence-corrected chi connectivity index (χ1v) is 6.25. The van der Waals surface area contributed by atoms with E-state index in [2.05, 4.69) is 16.2 Å². The molecule has 0 spiro atoms. The van der Waals surface area contributed by atoms with E-state index in [1.165, 1.54) is 7.05 Å². The Morgan fingerprint density at radius 1 is 1.20 bits per heavy atom. The third kappa shape index (κ3) is 2.74. The zero-order valence-corrected chi connectivity index (χ0v) is 11.7. The second kappa shape index (κ2) is 5.64. The van der Waals surface area contributed by atoms with Gasteiger partial charge in [-0.1, -0.05) is 12.1 Å². The van der Waals surface area contributed by atoms with Crippen LogP contribution in [0.5, 0.6) is 0 Å². The van der Waals surface area contributed by atoms with E-state index in [1.807, 2.05) is 26.0 Å². The molecule has 0 fully saturated rings. The van der Waals surface area contributed by atoms with Gasteiger partial charge < -0.3 is 9.73 Å². The summed E-state index contributed by atoms with van der Waals surface area (Å²) in [6, 6.07) is 3.47. The lowest BCUT2D eigenvalue weighted by Gasteiger charge is -2.06. The van der Waals surface area contributed by atoms with Crippen LogP contribution in [0.4, 0.5) is 4.79 Å². The predicted molar refractivity (Wildman–Crippen MR) is 75.1 cm³/mol. The standard InChI is InChI=1S/C14H17N3O3/c1-8-4-5-11-10(7-20-13(11)9(8)2)6-12(18)16-17-14(19)15-3/h4-5,7H,6H2,1-3H3,(H,16,18)(H2,15,17,19). The number of carbonyl (C=O) groups excluding carboxylic acids is 2. The van der Waals surface area contributed by atoms with Crippen molar-refractivity contribution in [2.75, 3.05) is 7.05 Å². The van der Waals surface area contributed by atoms with E-state index in [4.69, 9.17) is 4.42 Å². The molecule has 0 aliphatic rings. The number of aryl methyl sites for hydroxylation is 2. The van der Waals surface area contributed by atoms with Crippen molar-refractivity contribution in [1.82, 2.24) is 16.2 Å². The number of hydrogen-bond donors (Lipinski definition) is 3. The van der Waals surface area contributed by atoms with Crippen LogP contribution in [0, 0.1) is 13.8 Å². The van der Waals surface area contributed by atoms with Crippen LogP contribution in [-0.4, -0.2) is 19.0 Å². The molecule has 106 valence electrons. The molecule has 0 aliphatic carbocycles. The van der Waals surface area contributed by atoms with Crippen LogP contribution in [0.3, 0.4) is 0 Å². The van der Waals surface area contributed by atoms with E-state index >= 15 is 0 Å². The summed E-state index contributed by atoms with van der Waals surface area (Å²) < 4.78 is 5.53. The van der Waals surface area contributed by atoms with E-state index in [0.717, 1.165) is 27.7 Å². The van der Waals surface area contributed by atoms with Gasteiger partial charge in [-0.15, -0.1) is 0 Å². The average molecular weight is 275 g/mol. The Labute approximate surface area is 116 Å². The molecule has 0 saturated carbocycles. The monoisotopic (exact) mass is 275 g/mol. The largest absolute Gasteiger partial charge is 0.464 e. The van der Waals surface area contributed by atoms with Gasteiger partial charge in [-0.3, -0.25) is 10.2 Å². The minimum atomic E-state index is -0.470. The number of nitrogens with one attached hydrogen (secondary N) is 3. The molecule has 0 unspecified atom stereocenters. The number of urea groups is 1. The average Bonchev–Trinajstić information content (AvgIpc) is 2.84. The van der Waals surface area contributed by atoms with E-state index in [1.54, 1.807) is 6.26 Å². The van der Waals surface area contributed by atoms with Gasteiger partial charge in [-0.05, 0) is 25.0 Å². The van der Waals surface area contributed by atoms with Crippen molar-refractivity contribution < 1.29 is 14.0 Å². The van der Waals surface area contributed by atoms with Crippen LogP contribution in [0.2, 0.25) is 0 Å². The predicted octanol–water partition coefficient (Wildman–Crippen LogP) is 1.55. The van der Waals surface area contributed by atoms with Gasteiger partial charge in [0.1, 0.15) is 5.58 Å². The van der Waals surface area contributed by atoms with Crippen molar-refractivity contribution in [3.63, 3.8) is 0 Å². The number of rotatable bonds is 2. The van der Waals surface area contributed by atoms with Gasteiger partial charge in [-0.25, -0.2) is 10.2 Å². The number of amides is 3. The molecule has 3 amide bonds. The lowest BCUT2D eigenvalue weighted by molar-refractivity contribution is -0.121. The number of benzene rings is 1. The van der Waals surface area contributed by atoms with Crippen LogP contribution in [0.1, 0.15) is 16.7 Å². The maximum absolute atomic E-state index is 11.7. The van der Waals surface area contributed by atoms with E-state index < -0.39 is 6.03 Å². The van der Waals surface area contributed by atoms with Gasteiger partial charge in [0.15, 0.2) is 0 Å². The molecule has 0 atom stereocenters. The fraction of sp³-hybridized carbons (Fsp3) is 0.286. The summed E-state index contributed by atoms with van der Waals surface area (Å²) in [5.41, 5.74) is 8.35. The molecule has 6 nitrogen and oxygen atoms in total. The molecule has 0 aliphatic heterocycles. The highest BCUT2D eigenvalue weighted by Gasteiger charge is 2.13. The van der Waals surface area contributed by atoms with Crippen LogP contribution in [0.15, 0.2) is 22.8 Å². The maximum atomic E-state index is 11.7. The Kier molecular flexibility index (Phi) is 3.93. The van der Waals surface area contributed by atoms with Crippen molar-refractivity contribution in [1.29, 1.82) is 0 Å². The van der Waals surface area contributed by atoms with Crippen LogP contribution in [0.25, 0.3) is 11.0 Å². The van der Waals surface area contributed by atoms with Gasteiger partial charge in [-0.2, -0.15) is 0 Å². The van der Waals surface area contributed by atoms with Crippen LogP contribution in [-0.2, 0) is 11.2 Å². The fourth-order valence-electron chi connectivity index (χ4n) is 1.93. The number of hydrogen-bond acceptors (Lipinski definition) is 3. The SMILES string of the molecule is CNC(=O)NNC(=O)Cc1coc2c(C)c(C)ccc12. The molecule has 2 rings (SSSR count). The zero-order chi connectivity index (χ0) is 14.7. The Morgan fingerprint density at radius 3 is 2.65 bits per heavy atom. The molecular formula is C14H17N3O3. The first-order chi connectivity index (χ1) is 9.52. The first kappa shape index (κ1) is 13.9. The van der Waals surface area contributed by atoms with Gasteiger partial charge in [0.25, 0.3) is 0 Å². The van der Waals surface area contributed by atoms with Crippen LogP contribution < -0.4 is 16.2 Å². The number of carbonyl (C=O) groups is 2. The lowest BCUT2D eigenvalue weighted by atomic mass is 10.0. The van der Waals surface area contributed by atoms with E-state index in [9.17, 15) is 9.59 Å². The fourth-order valence-corrected chi connectivity index (χ4v) is 1.93. The Bertz CT molecular complexity index is 661. The second-order valence-electron chi connectivity index (χ2n) is 4.57. The lowest BCUT2D eigenvalue weighted by Crippen LogP contribution is -2.46. The van der Waals surface area contributed by atoms with Crippen molar-refractivity contribution >= 4 is 22.9 Å². The highest BCUT2D eigenvalue weighted by atomic mass is 16.3. The summed E-state index contributed by atoms with van der Waals surface area (Å²) in [4.78, 5) is 22.7. The summed E-state index contributed by atoms with van der Waals surface area (Å²) in [6.45, 7) is 4.00. The third-order valence-corrected chi connectivity index (χ3v) is 3.24. The summed E-state index contributed by atoms with van der Waals surface area (Å²) in [6.07, 6.45) is 1.72. The number of hydrazine groups is 1. The number of furan rings is 1. The van der Waals surface area contributed by atoms with Gasteiger partial charge in [0.05, 0.1) is 12.7 Å². The van der Waals surface area contributed by atoms with Crippen LogP contribution >= 0.6 is 0 Å². The third-order valence-electron chi connectivity index (χ3n) is 3.24. The molecule has 1 heterocycles. The highest BCUT2D eigenvalue weighted by molar-refractivity contribution is 5.90. The van der Waals surface area contributed by atoms with E-state index in [0.29, 0.717) is 0 Å². The molecule has 3 N–H and O–H groups in total. The molecule has 2 aromatic rings. The topological polar surface area (TPSA) is 83.4 Å². The molecule has 1 aromatic heterocycles. The molecule has 0 radical (unpaired) electrons. The summed E-state index contributed by atoms with van der Waals surface area (Å²) in [5.74, 6) is -0.311. The first-order valence-electron chi connectivity index (χ1n) is 6.25. The van der Waals surface area contributed by atoms with Gasteiger partial charge in [0, 0.05) is 18.0 Å². The van der Waals surface area contributed by atoms with Crippen molar-refractivity contribution in [2.45, 2.75) is 20.3 Å². The molecule has 0 saturated heterocycles. The summed E-state index contributed by atoms with van der Waals surface area (Å²) in [7, 11) is 1.47. The minimum Gasteiger partial charge on any atom is -0.464 e. The molecule has 6 heteroatoms. The van der Waals surface area contributed by atoms with Gasteiger partial charge >= 0.3 is 6.03 Å². The van der Waals surface area contributed by atoms with Crippen molar-refractivity contribution in [2.24, 2.45) is 0 Å². The quantitative estimate of drug-likeness (QED) is 0.727. The normalized spacial score (nSPS) is 10.3. The summed E-state index contributed by atoms with van der Waals surface area (Å²) >= 11 is 0. The summed E-state index contributed by atoms with van der Waals surface area (Å²) in [5, 5.41) is 3.26. The number of fused-ring (bicyclic) bond motifs is 1. The molecule has 0 bridgehead atoms. The maximum Gasteiger partial charge on any atom is 0.333 e. The molecule has 20 heavy (non-hydrogen) atoms. The highest BCUT2D eigenvalue weighted by Crippen LogP contribution is 2.26. The second-order valence-corrected chi connectivity index (χ2v) is 4.57. The van der Waals surface area contributed by atoms with Crippen molar-refractivity contribution in [3.05, 3.63) is 35.1 Å². The minimum absolute atomic E-state index is 0.138. The smallest absolute Gasteiger partial charge is 0.333 e. The zero-order valence-electron chi connectivity index (χ0n) is 11.7. The van der Waals surface area contributed by atoms with Crippen molar-refractivity contribution in [3.8, 4) is 0 Å². The Morgan fingerprint density at radius 2 is 1.95 bits per heavy atom.